The first-order valence-corrected chi connectivity index (χ1v) is 7.98. The molecule has 3 nitrogen and oxygen atoms in total. The van der Waals surface area contributed by atoms with E-state index in [-0.39, 0.29) is 12.5 Å². The van der Waals surface area contributed by atoms with E-state index >= 15 is 0 Å². The van der Waals surface area contributed by atoms with Gasteiger partial charge in [-0.25, -0.2) is 0 Å². The first kappa shape index (κ1) is 18.0. The van der Waals surface area contributed by atoms with E-state index in [1.165, 1.54) is 11.1 Å². The summed E-state index contributed by atoms with van der Waals surface area (Å²) >= 11 is 0. The van der Waals surface area contributed by atoms with Crippen LogP contribution in [0.2, 0.25) is 0 Å². The van der Waals surface area contributed by atoms with Crippen molar-refractivity contribution in [2.24, 2.45) is 17.6 Å². The second kappa shape index (κ2) is 8.40. The maximum absolute atomic E-state index is 5.98. The van der Waals surface area contributed by atoms with Crippen LogP contribution >= 0.6 is 0 Å². The summed E-state index contributed by atoms with van der Waals surface area (Å²) in [5.41, 5.74) is 8.35. The highest BCUT2D eigenvalue weighted by Gasteiger charge is 2.15. The highest BCUT2D eigenvalue weighted by Crippen LogP contribution is 2.28. The van der Waals surface area contributed by atoms with Crippen LogP contribution in [-0.4, -0.2) is 12.5 Å². The zero-order chi connectivity index (χ0) is 16.0. The van der Waals surface area contributed by atoms with Crippen LogP contribution in [0.4, 0.5) is 0 Å². The predicted octanol–water partition coefficient (Wildman–Crippen LogP) is 4.13. The lowest BCUT2D eigenvalue weighted by Gasteiger charge is -2.22. The van der Waals surface area contributed by atoms with Gasteiger partial charge >= 0.3 is 0 Å². The second-order valence-corrected chi connectivity index (χ2v) is 6.62. The average Bonchev–Trinajstić information content (AvgIpc) is 2.30. The Morgan fingerprint density at radius 2 is 1.57 bits per heavy atom. The predicted molar refractivity (Wildman–Crippen MR) is 88.4 cm³/mol. The van der Waals surface area contributed by atoms with E-state index < -0.39 is 0 Å². The molecule has 0 fully saturated rings. The first-order chi connectivity index (χ1) is 9.79. The van der Waals surface area contributed by atoms with Crippen LogP contribution in [0.5, 0.6) is 5.75 Å². The Labute approximate surface area is 129 Å². The zero-order valence-electron chi connectivity index (χ0n) is 14.3. The molecule has 1 aromatic rings. The van der Waals surface area contributed by atoms with Crippen molar-refractivity contribution in [2.45, 2.75) is 66.9 Å². The molecule has 2 N–H and O–H groups in total. The van der Waals surface area contributed by atoms with Gasteiger partial charge in [0.2, 0.25) is 0 Å². The van der Waals surface area contributed by atoms with E-state index in [4.69, 9.17) is 15.2 Å². The van der Waals surface area contributed by atoms with Crippen molar-refractivity contribution in [2.75, 3.05) is 0 Å². The normalized spacial score (nSPS) is 14.5. The summed E-state index contributed by atoms with van der Waals surface area (Å²) in [5, 5.41) is 0. The molecule has 2 atom stereocenters. The fourth-order valence-corrected chi connectivity index (χ4v) is 2.50. The maximum atomic E-state index is 5.98. The maximum Gasteiger partial charge on any atom is 0.198 e. The van der Waals surface area contributed by atoms with Gasteiger partial charge in [-0.1, -0.05) is 39.8 Å². The Kier molecular flexibility index (Phi) is 7.20. The molecular weight excluding hydrogens is 262 g/mol. The standard InChI is InChI=1S/C18H31NO2/c1-12(2)10-16-8-7-9-18(17(16)11-13(3)4)21-15(6)20-14(5)19/h7-9,12-15H,10-11,19H2,1-6H3. The highest BCUT2D eigenvalue weighted by atomic mass is 16.7. The van der Waals surface area contributed by atoms with E-state index in [2.05, 4.69) is 39.8 Å². The SMILES string of the molecule is CC(C)Cc1cccc(OC(C)OC(C)N)c1CC(C)C. The van der Waals surface area contributed by atoms with Crippen molar-refractivity contribution in [1.82, 2.24) is 0 Å². The fourth-order valence-electron chi connectivity index (χ4n) is 2.50. The number of rotatable bonds is 8. The largest absolute Gasteiger partial charge is 0.465 e. The summed E-state index contributed by atoms with van der Waals surface area (Å²) in [4.78, 5) is 0. The van der Waals surface area contributed by atoms with Crippen LogP contribution in [0.1, 0.15) is 52.7 Å². The van der Waals surface area contributed by atoms with Crippen molar-refractivity contribution >= 4 is 0 Å². The summed E-state index contributed by atoms with van der Waals surface area (Å²) in [7, 11) is 0. The molecule has 1 aromatic carbocycles. The molecule has 1 rings (SSSR count). The van der Waals surface area contributed by atoms with Gasteiger partial charge in [-0.3, -0.25) is 0 Å². The van der Waals surface area contributed by atoms with Crippen molar-refractivity contribution in [3.05, 3.63) is 29.3 Å². The molecule has 0 aliphatic carbocycles. The quantitative estimate of drug-likeness (QED) is 0.733. The van der Waals surface area contributed by atoms with Crippen molar-refractivity contribution in [1.29, 1.82) is 0 Å². The molecule has 0 radical (unpaired) electrons. The number of ether oxygens (including phenoxy) is 2. The van der Waals surface area contributed by atoms with Crippen LogP contribution in [0.25, 0.3) is 0 Å². The van der Waals surface area contributed by atoms with Gasteiger partial charge in [0.15, 0.2) is 6.29 Å². The van der Waals surface area contributed by atoms with E-state index in [1.807, 2.05) is 19.9 Å². The number of hydrogen-bond donors (Lipinski definition) is 1. The summed E-state index contributed by atoms with van der Waals surface area (Å²) in [5.74, 6) is 2.14. The molecule has 2 unspecified atom stereocenters. The molecular formula is C18H31NO2. The third kappa shape index (κ3) is 6.49. The van der Waals surface area contributed by atoms with Crippen LogP contribution in [0.15, 0.2) is 18.2 Å². The molecule has 0 aromatic heterocycles. The Hall–Kier alpha value is -1.06. The first-order valence-electron chi connectivity index (χ1n) is 7.98. The Balaban J connectivity index is 3.00. The lowest BCUT2D eigenvalue weighted by Crippen LogP contribution is -2.28. The van der Waals surface area contributed by atoms with E-state index in [1.54, 1.807) is 0 Å². The molecule has 0 aliphatic rings. The minimum absolute atomic E-state index is 0.326. The molecule has 0 saturated carbocycles. The van der Waals surface area contributed by atoms with E-state index in [0.29, 0.717) is 11.8 Å². The number of benzene rings is 1. The summed E-state index contributed by atoms with van der Waals surface area (Å²) in [6.07, 6.45) is 1.42. The van der Waals surface area contributed by atoms with Crippen LogP contribution in [0.3, 0.4) is 0 Å². The van der Waals surface area contributed by atoms with Crippen molar-refractivity contribution in [3.8, 4) is 5.75 Å². The molecule has 0 heterocycles. The molecule has 0 amide bonds. The Morgan fingerprint density at radius 3 is 2.10 bits per heavy atom. The van der Waals surface area contributed by atoms with Gasteiger partial charge in [-0.15, -0.1) is 0 Å². The second-order valence-electron chi connectivity index (χ2n) is 6.62. The Bertz CT molecular complexity index is 427. The van der Waals surface area contributed by atoms with Crippen LogP contribution < -0.4 is 10.5 Å². The fraction of sp³-hybridized carbons (Fsp3) is 0.667. The van der Waals surface area contributed by atoms with Gasteiger partial charge in [0, 0.05) is 0 Å². The van der Waals surface area contributed by atoms with Gasteiger partial charge in [0.05, 0.1) is 0 Å². The number of hydrogen-bond acceptors (Lipinski definition) is 3. The summed E-state index contributed by atoms with van der Waals surface area (Å²) in [6, 6.07) is 6.31. The van der Waals surface area contributed by atoms with Crippen LogP contribution in [0, 0.1) is 11.8 Å². The lowest BCUT2D eigenvalue weighted by atomic mass is 9.92. The van der Waals surface area contributed by atoms with Gasteiger partial charge < -0.3 is 15.2 Å². The minimum Gasteiger partial charge on any atom is -0.465 e. The Morgan fingerprint density at radius 1 is 0.952 bits per heavy atom. The third-order valence-electron chi connectivity index (χ3n) is 3.17. The zero-order valence-corrected chi connectivity index (χ0v) is 14.3. The topological polar surface area (TPSA) is 44.5 Å². The minimum atomic E-state index is -0.342. The third-order valence-corrected chi connectivity index (χ3v) is 3.17. The smallest absolute Gasteiger partial charge is 0.198 e. The van der Waals surface area contributed by atoms with E-state index in [0.717, 1.165) is 18.6 Å². The summed E-state index contributed by atoms with van der Waals surface area (Å²) in [6.45, 7) is 12.7. The van der Waals surface area contributed by atoms with Crippen molar-refractivity contribution in [3.63, 3.8) is 0 Å². The molecule has 0 bridgehead atoms. The molecule has 21 heavy (non-hydrogen) atoms. The van der Waals surface area contributed by atoms with Gasteiger partial charge in [-0.2, -0.15) is 0 Å². The van der Waals surface area contributed by atoms with Gasteiger partial charge in [0.1, 0.15) is 12.0 Å². The van der Waals surface area contributed by atoms with Crippen molar-refractivity contribution < 1.29 is 9.47 Å². The molecule has 120 valence electrons. The van der Waals surface area contributed by atoms with Crippen LogP contribution in [-0.2, 0) is 17.6 Å². The highest BCUT2D eigenvalue weighted by molar-refractivity contribution is 5.41. The monoisotopic (exact) mass is 293 g/mol. The van der Waals surface area contributed by atoms with E-state index in [9.17, 15) is 0 Å². The number of nitrogens with two attached hydrogens (primary N) is 1. The van der Waals surface area contributed by atoms with Gasteiger partial charge in [-0.05, 0) is 55.7 Å². The lowest BCUT2D eigenvalue weighted by molar-refractivity contribution is -0.0994. The molecule has 0 spiro atoms. The van der Waals surface area contributed by atoms with Gasteiger partial charge in [0.25, 0.3) is 0 Å². The molecule has 0 saturated heterocycles. The molecule has 3 heteroatoms. The average molecular weight is 293 g/mol. The molecule has 0 aliphatic heterocycles. The summed E-state index contributed by atoms with van der Waals surface area (Å²) < 4.78 is 11.5.